The molecule has 1 aliphatic rings. The number of fused-ring (bicyclic) bond motifs is 2. The van der Waals surface area contributed by atoms with E-state index in [0.717, 1.165) is 11.1 Å². The van der Waals surface area contributed by atoms with Gasteiger partial charge in [-0.2, -0.15) is 0 Å². The minimum absolute atomic E-state index is 0.0513. The first kappa shape index (κ1) is 21.1. The highest BCUT2D eigenvalue weighted by molar-refractivity contribution is 9.10. The molecule has 1 aliphatic heterocycles. The lowest BCUT2D eigenvalue weighted by Crippen LogP contribution is -2.29. The molecule has 0 aliphatic carbocycles. The van der Waals surface area contributed by atoms with Crippen molar-refractivity contribution in [2.45, 2.75) is 19.9 Å². The van der Waals surface area contributed by atoms with Crippen LogP contribution in [-0.2, 0) is 0 Å². The van der Waals surface area contributed by atoms with E-state index in [2.05, 4.69) is 15.9 Å². The largest absolute Gasteiger partial charge is 0.450 e. The molecular weight excluding hydrogens is 488 g/mol. The highest BCUT2D eigenvalue weighted by Crippen LogP contribution is 2.42. The molecule has 0 spiro atoms. The number of non-ortho nitro benzene ring substituents is 1. The van der Waals surface area contributed by atoms with Gasteiger partial charge in [0.25, 0.3) is 11.6 Å². The Morgan fingerprint density at radius 1 is 1.00 bits per heavy atom. The van der Waals surface area contributed by atoms with Gasteiger partial charge in [0.1, 0.15) is 5.58 Å². The zero-order chi connectivity index (χ0) is 23.4. The van der Waals surface area contributed by atoms with Crippen LogP contribution in [0.25, 0.3) is 11.0 Å². The Morgan fingerprint density at radius 3 is 2.52 bits per heavy atom. The van der Waals surface area contributed by atoms with Crippen LogP contribution in [0.5, 0.6) is 0 Å². The molecular formula is C25H17BrN2O5. The standard InChI is InChI=1S/C25H17BrN2O5/c1-13-6-8-17(10-14(13)2)27-22(15-4-3-5-18(11-15)28(31)32)21-23(29)19-12-16(26)7-9-20(19)33-24(21)25(27)30/h3-12,22H,1-2H3. The molecule has 4 aromatic rings. The van der Waals surface area contributed by atoms with Crippen molar-refractivity contribution < 1.29 is 14.1 Å². The SMILES string of the molecule is Cc1ccc(N2C(=O)c3oc4ccc(Br)cc4c(=O)c3C2c2cccc([N+](=O)[O-])c2)cc1C. The summed E-state index contributed by atoms with van der Waals surface area (Å²) in [5.41, 5.74) is 3.07. The van der Waals surface area contributed by atoms with Crippen LogP contribution in [0.1, 0.15) is 38.9 Å². The molecule has 2 heterocycles. The lowest BCUT2D eigenvalue weighted by atomic mass is 9.97. The first-order valence-corrected chi connectivity index (χ1v) is 11.0. The molecule has 0 N–H and O–H groups in total. The smallest absolute Gasteiger partial charge is 0.295 e. The molecule has 3 aromatic carbocycles. The van der Waals surface area contributed by atoms with Crippen molar-refractivity contribution in [3.8, 4) is 0 Å². The molecule has 0 bridgehead atoms. The molecule has 0 saturated heterocycles. The number of nitro benzene ring substituents is 1. The van der Waals surface area contributed by atoms with Crippen molar-refractivity contribution in [3.05, 3.63) is 113 Å². The summed E-state index contributed by atoms with van der Waals surface area (Å²) < 4.78 is 6.64. The lowest BCUT2D eigenvalue weighted by Gasteiger charge is -2.25. The van der Waals surface area contributed by atoms with Crippen molar-refractivity contribution in [1.82, 2.24) is 0 Å². The number of rotatable bonds is 3. The van der Waals surface area contributed by atoms with E-state index in [-0.39, 0.29) is 22.4 Å². The summed E-state index contributed by atoms with van der Waals surface area (Å²) in [5, 5.41) is 11.8. The van der Waals surface area contributed by atoms with Crippen LogP contribution >= 0.6 is 15.9 Å². The van der Waals surface area contributed by atoms with Gasteiger partial charge in [-0.25, -0.2) is 0 Å². The normalized spacial score (nSPS) is 15.2. The predicted molar refractivity (Wildman–Crippen MR) is 128 cm³/mol. The summed E-state index contributed by atoms with van der Waals surface area (Å²) in [6.07, 6.45) is 0. The van der Waals surface area contributed by atoms with Gasteiger partial charge in [-0.3, -0.25) is 24.6 Å². The number of aryl methyl sites for hydroxylation is 2. The van der Waals surface area contributed by atoms with Crippen LogP contribution in [-0.4, -0.2) is 10.8 Å². The number of hydrogen-bond donors (Lipinski definition) is 0. The fourth-order valence-electron chi connectivity index (χ4n) is 4.21. The van der Waals surface area contributed by atoms with Gasteiger partial charge in [0.05, 0.1) is 21.9 Å². The van der Waals surface area contributed by atoms with Gasteiger partial charge in [0, 0.05) is 22.3 Å². The van der Waals surface area contributed by atoms with E-state index in [1.807, 2.05) is 26.0 Å². The van der Waals surface area contributed by atoms with Crippen LogP contribution in [0, 0.1) is 24.0 Å². The van der Waals surface area contributed by atoms with E-state index in [0.29, 0.717) is 26.7 Å². The zero-order valence-corrected chi connectivity index (χ0v) is 19.3. The van der Waals surface area contributed by atoms with Crippen LogP contribution in [0.4, 0.5) is 11.4 Å². The number of nitro groups is 1. The van der Waals surface area contributed by atoms with Gasteiger partial charge in [0.2, 0.25) is 5.76 Å². The highest BCUT2D eigenvalue weighted by atomic mass is 79.9. The van der Waals surface area contributed by atoms with Gasteiger partial charge < -0.3 is 4.42 Å². The molecule has 5 rings (SSSR count). The monoisotopic (exact) mass is 504 g/mol. The number of amides is 1. The Kier molecular flexibility index (Phi) is 4.90. The molecule has 1 aromatic heterocycles. The molecule has 8 heteroatoms. The van der Waals surface area contributed by atoms with Crippen molar-refractivity contribution in [3.63, 3.8) is 0 Å². The molecule has 1 atom stereocenters. The van der Waals surface area contributed by atoms with Gasteiger partial charge in [-0.15, -0.1) is 0 Å². The van der Waals surface area contributed by atoms with E-state index in [1.54, 1.807) is 36.4 Å². The maximum atomic E-state index is 13.6. The first-order chi connectivity index (χ1) is 15.8. The van der Waals surface area contributed by atoms with Gasteiger partial charge in [-0.1, -0.05) is 34.1 Å². The Balaban J connectivity index is 1.83. The zero-order valence-electron chi connectivity index (χ0n) is 17.7. The second-order valence-electron chi connectivity index (χ2n) is 8.01. The van der Waals surface area contributed by atoms with E-state index >= 15 is 0 Å². The number of benzene rings is 3. The maximum absolute atomic E-state index is 13.6. The molecule has 0 fully saturated rings. The number of anilines is 1. The predicted octanol–water partition coefficient (Wildman–Crippen LogP) is 5.83. The summed E-state index contributed by atoms with van der Waals surface area (Å²) in [7, 11) is 0. The van der Waals surface area contributed by atoms with Crippen LogP contribution < -0.4 is 10.3 Å². The molecule has 0 saturated carbocycles. The number of carbonyl (C=O) groups excluding carboxylic acids is 1. The molecule has 164 valence electrons. The molecule has 1 amide bonds. The summed E-state index contributed by atoms with van der Waals surface area (Å²) in [4.78, 5) is 39.6. The Labute approximate surface area is 196 Å². The summed E-state index contributed by atoms with van der Waals surface area (Å²) in [5.74, 6) is -0.517. The second kappa shape index (κ2) is 7.67. The van der Waals surface area contributed by atoms with E-state index in [1.165, 1.54) is 17.0 Å². The van der Waals surface area contributed by atoms with Gasteiger partial charge in [-0.05, 0) is 60.9 Å². The van der Waals surface area contributed by atoms with Crippen molar-refractivity contribution >= 4 is 44.2 Å². The maximum Gasteiger partial charge on any atom is 0.295 e. The molecule has 1 unspecified atom stereocenters. The number of halogens is 1. The van der Waals surface area contributed by atoms with E-state index in [4.69, 9.17) is 4.42 Å². The molecule has 0 radical (unpaired) electrons. The Bertz CT molecular complexity index is 1540. The van der Waals surface area contributed by atoms with E-state index < -0.39 is 16.9 Å². The van der Waals surface area contributed by atoms with E-state index in [9.17, 15) is 19.7 Å². The quantitative estimate of drug-likeness (QED) is 0.258. The minimum atomic E-state index is -0.867. The molecule has 33 heavy (non-hydrogen) atoms. The summed E-state index contributed by atoms with van der Waals surface area (Å²) in [6, 6.07) is 15.7. The third-order valence-corrected chi connectivity index (χ3v) is 6.49. The number of hydrogen-bond acceptors (Lipinski definition) is 5. The summed E-state index contributed by atoms with van der Waals surface area (Å²) in [6.45, 7) is 3.90. The topological polar surface area (TPSA) is 93.7 Å². The third-order valence-electron chi connectivity index (χ3n) is 6.00. The minimum Gasteiger partial charge on any atom is -0.450 e. The Morgan fingerprint density at radius 2 is 1.79 bits per heavy atom. The lowest BCUT2D eigenvalue weighted by molar-refractivity contribution is -0.384. The number of nitrogens with zero attached hydrogens (tertiary/aromatic N) is 2. The fraction of sp³-hybridized carbons (Fsp3) is 0.120. The average molecular weight is 505 g/mol. The number of carbonyl (C=O) groups is 1. The average Bonchev–Trinajstić information content (AvgIpc) is 3.09. The van der Waals surface area contributed by atoms with Crippen LogP contribution in [0.15, 0.2) is 74.3 Å². The second-order valence-corrected chi connectivity index (χ2v) is 8.93. The van der Waals surface area contributed by atoms with Gasteiger partial charge >= 0.3 is 0 Å². The van der Waals surface area contributed by atoms with Crippen LogP contribution in [0.3, 0.4) is 0 Å². The van der Waals surface area contributed by atoms with Crippen molar-refractivity contribution in [1.29, 1.82) is 0 Å². The first-order valence-electron chi connectivity index (χ1n) is 10.2. The van der Waals surface area contributed by atoms with Gasteiger partial charge in [0.15, 0.2) is 5.43 Å². The van der Waals surface area contributed by atoms with Crippen LogP contribution in [0.2, 0.25) is 0 Å². The third kappa shape index (κ3) is 3.34. The Hall–Kier alpha value is -3.78. The molecule has 7 nitrogen and oxygen atoms in total. The van der Waals surface area contributed by atoms with Crippen molar-refractivity contribution in [2.75, 3.05) is 4.90 Å². The van der Waals surface area contributed by atoms with Crippen molar-refractivity contribution in [2.24, 2.45) is 0 Å². The highest BCUT2D eigenvalue weighted by Gasteiger charge is 2.44. The summed E-state index contributed by atoms with van der Waals surface area (Å²) >= 11 is 3.37. The fourth-order valence-corrected chi connectivity index (χ4v) is 4.57.